The van der Waals surface area contributed by atoms with E-state index in [9.17, 15) is 9.18 Å². The fourth-order valence-electron chi connectivity index (χ4n) is 4.16. The normalized spacial score (nSPS) is 15.5. The Bertz CT molecular complexity index is 1120. The van der Waals surface area contributed by atoms with Gasteiger partial charge in [-0.05, 0) is 69.0 Å². The van der Waals surface area contributed by atoms with E-state index in [2.05, 4.69) is 33.0 Å². The fourth-order valence-corrected chi connectivity index (χ4v) is 4.93. The summed E-state index contributed by atoms with van der Waals surface area (Å²) in [6.45, 7) is 7.87. The van der Waals surface area contributed by atoms with Gasteiger partial charge in [0.05, 0.1) is 24.9 Å². The summed E-state index contributed by atoms with van der Waals surface area (Å²) < 4.78 is 21.0. The minimum Gasteiger partial charge on any atom is -0.378 e. The van der Waals surface area contributed by atoms with E-state index in [1.54, 1.807) is 12.1 Å². The first-order chi connectivity index (χ1) is 16.4. The number of hydrogen-bond acceptors (Lipinski definition) is 6. The molecule has 0 spiro atoms. The molecule has 0 saturated carbocycles. The highest BCUT2D eigenvalue weighted by molar-refractivity contribution is 7.99. The number of amides is 1. The molecular weight excluding hydrogens is 453 g/mol. The van der Waals surface area contributed by atoms with Gasteiger partial charge in [0.15, 0.2) is 11.0 Å². The van der Waals surface area contributed by atoms with Crippen LogP contribution in [0.2, 0.25) is 0 Å². The minimum atomic E-state index is -0.278. The molecule has 1 unspecified atom stereocenters. The van der Waals surface area contributed by atoms with Crippen LogP contribution in [0.3, 0.4) is 0 Å². The molecule has 1 amide bonds. The van der Waals surface area contributed by atoms with Crippen molar-refractivity contribution in [3.63, 3.8) is 0 Å². The number of anilines is 2. The first kappa shape index (κ1) is 24.2. The summed E-state index contributed by atoms with van der Waals surface area (Å²) in [6, 6.07) is 10.3. The Morgan fingerprint density at radius 2 is 1.91 bits per heavy atom. The van der Waals surface area contributed by atoms with Crippen molar-refractivity contribution in [3.05, 3.63) is 64.7 Å². The topological polar surface area (TPSA) is 81.1 Å². The molecule has 1 aliphatic rings. The van der Waals surface area contributed by atoms with E-state index < -0.39 is 0 Å². The van der Waals surface area contributed by atoms with Crippen LogP contribution in [-0.4, -0.2) is 39.1 Å². The van der Waals surface area contributed by atoms with Gasteiger partial charge in [-0.1, -0.05) is 29.5 Å². The van der Waals surface area contributed by atoms with Gasteiger partial charge >= 0.3 is 0 Å². The summed E-state index contributed by atoms with van der Waals surface area (Å²) in [4.78, 5) is 12.7. The third kappa shape index (κ3) is 6.15. The zero-order chi connectivity index (χ0) is 24.1. The first-order valence-corrected chi connectivity index (χ1v) is 12.4. The van der Waals surface area contributed by atoms with E-state index in [-0.39, 0.29) is 23.6 Å². The average Bonchev–Trinajstić information content (AvgIpc) is 3.45. The van der Waals surface area contributed by atoms with E-state index in [1.165, 1.54) is 29.5 Å². The van der Waals surface area contributed by atoms with Crippen LogP contribution in [0.5, 0.6) is 0 Å². The molecule has 1 fully saturated rings. The Labute approximate surface area is 203 Å². The van der Waals surface area contributed by atoms with Crippen LogP contribution >= 0.6 is 11.8 Å². The highest BCUT2D eigenvalue weighted by Gasteiger charge is 2.21. The van der Waals surface area contributed by atoms with Crippen molar-refractivity contribution in [1.29, 1.82) is 0 Å². The molecule has 1 saturated heterocycles. The highest BCUT2D eigenvalue weighted by atomic mass is 32.2. The quantitative estimate of drug-likeness (QED) is 0.423. The molecule has 1 atom stereocenters. The van der Waals surface area contributed by atoms with Crippen LogP contribution in [0.4, 0.5) is 15.8 Å². The number of hydrogen-bond donors (Lipinski definition) is 2. The molecule has 0 radical (unpaired) electrons. The molecule has 2 heterocycles. The second-order valence-corrected chi connectivity index (χ2v) is 9.56. The maximum Gasteiger partial charge on any atom is 0.234 e. The summed E-state index contributed by atoms with van der Waals surface area (Å²) in [5.74, 6) is 0.604. The van der Waals surface area contributed by atoms with Crippen molar-refractivity contribution in [2.45, 2.75) is 58.0 Å². The number of aryl methyl sites for hydroxylation is 3. The van der Waals surface area contributed by atoms with Crippen LogP contribution in [0.25, 0.3) is 0 Å². The summed E-state index contributed by atoms with van der Waals surface area (Å²) in [7, 11) is 0. The van der Waals surface area contributed by atoms with Crippen molar-refractivity contribution in [3.8, 4) is 0 Å². The Balaban J connectivity index is 1.43. The molecule has 0 bridgehead atoms. The van der Waals surface area contributed by atoms with Crippen LogP contribution in [0.15, 0.2) is 41.6 Å². The summed E-state index contributed by atoms with van der Waals surface area (Å²) in [6.07, 6.45) is 2.13. The number of carbonyl (C=O) groups is 1. The molecule has 1 aromatic heterocycles. The first-order valence-electron chi connectivity index (χ1n) is 11.4. The van der Waals surface area contributed by atoms with Crippen LogP contribution < -0.4 is 10.6 Å². The van der Waals surface area contributed by atoms with Crippen molar-refractivity contribution in [1.82, 2.24) is 14.8 Å². The van der Waals surface area contributed by atoms with Crippen molar-refractivity contribution < 1.29 is 13.9 Å². The third-order valence-corrected chi connectivity index (χ3v) is 6.74. The molecule has 4 rings (SSSR count). The number of nitrogens with zero attached hydrogens (tertiary/aromatic N) is 3. The van der Waals surface area contributed by atoms with Gasteiger partial charge < -0.3 is 19.9 Å². The van der Waals surface area contributed by atoms with Gasteiger partial charge in [-0.25, -0.2) is 4.39 Å². The summed E-state index contributed by atoms with van der Waals surface area (Å²) in [5, 5.41) is 15.7. The lowest BCUT2D eigenvalue weighted by Crippen LogP contribution is -2.20. The van der Waals surface area contributed by atoms with Gasteiger partial charge in [0.1, 0.15) is 5.82 Å². The summed E-state index contributed by atoms with van der Waals surface area (Å²) in [5.41, 5.74) is 4.93. The third-order valence-electron chi connectivity index (χ3n) is 5.77. The molecule has 2 N–H and O–H groups in total. The van der Waals surface area contributed by atoms with Crippen LogP contribution in [-0.2, 0) is 22.6 Å². The SMILES string of the molecule is Cc1cc(C)c(NC(=O)CSc2nnc(CNc3ccc(F)cc3)n2CC2CCCO2)c(C)c1. The van der Waals surface area contributed by atoms with Gasteiger partial charge in [0.2, 0.25) is 5.91 Å². The molecule has 180 valence electrons. The minimum absolute atomic E-state index is 0.0855. The van der Waals surface area contributed by atoms with Crippen molar-refractivity contribution in [2.24, 2.45) is 0 Å². The zero-order valence-corrected chi connectivity index (χ0v) is 20.5. The average molecular weight is 484 g/mol. The van der Waals surface area contributed by atoms with Gasteiger partial charge in [0.25, 0.3) is 0 Å². The van der Waals surface area contributed by atoms with E-state index in [4.69, 9.17) is 4.74 Å². The lowest BCUT2D eigenvalue weighted by molar-refractivity contribution is -0.113. The standard InChI is InChI=1S/C25H30FN5O2S/c1-16-11-17(2)24(18(3)12-16)28-23(32)15-34-25-30-29-22(31(25)14-21-5-4-10-33-21)13-27-20-8-6-19(26)7-9-20/h6-9,11-12,21,27H,4-5,10,13-15H2,1-3H3,(H,28,32). The second kappa shape index (κ2) is 11.0. The van der Waals surface area contributed by atoms with Gasteiger partial charge in [-0.2, -0.15) is 0 Å². The molecule has 0 aliphatic carbocycles. The predicted molar refractivity (Wildman–Crippen MR) is 133 cm³/mol. The highest BCUT2D eigenvalue weighted by Crippen LogP contribution is 2.25. The van der Waals surface area contributed by atoms with Crippen molar-refractivity contribution >= 4 is 29.0 Å². The Morgan fingerprint density at radius 1 is 1.18 bits per heavy atom. The molecule has 9 heteroatoms. The van der Waals surface area contributed by atoms with E-state index >= 15 is 0 Å². The number of benzene rings is 2. The number of nitrogens with one attached hydrogen (secondary N) is 2. The van der Waals surface area contributed by atoms with Crippen LogP contribution in [0, 0.1) is 26.6 Å². The van der Waals surface area contributed by atoms with E-state index in [0.29, 0.717) is 18.2 Å². The van der Waals surface area contributed by atoms with Gasteiger partial charge in [-0.3, -0.25) is 4.79 Å². The number of aromatic nitrogens is 3. The molecule has 7 nitrogen and oxygen atoms in total. The predicted octanol–water partition coefficient (Wildman–Crippen LogP) is 4.86. The lowest BCUT2D eigenvalue weighted by atomic mass is 10.1. The largest absolute Gasteiger partial charge is 0.378 e. The molecule has 3 aromatic rings. The zero-order valence-electron chi connectivity index (χ0n) is 19.7. The van der Waals surface area contributed by atoms with Crippen LogP contribution in [0.1, 0.15) is 35.4 Å². The number of thioether (sulfide) groups is 1. The Morgan fingerprint density at radius 3 is 2.59 bits per heavy atom. The number of ether oxygens (including phenoxy) is 1. The smallest absolute Gasteiger partial charge is 0.234 e. The summed E-state index contributed by atoms with van der Waals surface area (Å²) >= 11 is 1.36. The molecule has 34 heavy (non-hydrogen) atoms. The van der Waals surface area contributed by atoms with E-state index in [1.807, 2.05) is 25.3 Å². The van der Waals surface area contributed by atoms with Crippen molar-refractivity contribution in [2.75, 3.05) is 23.0 Å². The number of halogens is 1. The molecular formula is C25H30FN5O2S. The Kier molecular flexibility index (Phi) is 7.84. The maximum atomic E-state index is 13.2. The second-order valence-electron chi connectivity index (χ2n) is 8.62. The fraction of sp³-hybridized carbons (Fsp3) is 0.400. The molecule has 2 aromatic carbocycles. The Hall–Kier alpha value is -2.91. The maximum absolute atomic E-state index is 13.2. The number of rotatable bonds is 9. The molecule has 1 aliphatic heterocycles. The monoisotopic (exact) mass is 483 g/mol. The number of carbonyl (C=O) groups excluding carboxylic acids is 1. The van der Waals surface area contributed by atoms with E-state index in [0.717, 1.165) is 47.8 Å². The lowest BCUT2D eigenvalue weighted by Gasteiger charge is -2.16. The van der Waals surface area contributed by atoms with Gasteiger partial charge in [-0.15, -0.1) is 10.2 Å². The van der Waals surface area contributed by atoms with Gasteiger partial charge in [0, 0.05) is 18.0 Å².